The van der Waals surface area contributed by atoms with Crippen molar-refractivity contribution in [3.8, 4) is 5.75 Å². The van der Waals surface area contributed by atoms with Crippen molar-refractivity contribution in [1.29, 1.82) is 0 Å². The summed E-state index contributed by atoms with van der Waals surface area (Å²) in [7, 11) is -7.26. The Balaban J connectivity index is 1.65. The molecule has 0 aliphatic carbocycles. The summed E-state index contributed by atoms with van der Waals surface area (Å²) >= 11 is 0. The fourth-order valence-corrected chi connectivity index (χ4v) is 5.28. The maximum atomic E-state index is 12.6. The summed E-state index contributed by atoms with van der Waals surface area (Å²) in [5.74, 6) is 0.600. The molecule has 29 heavy (non-hydrogen) atoms. The van der Waals surface area contributed by atoms with Crippen molar-refractivity contribution in [1.82, 2.24) is 9.03 Å². The van der Waals surface area contributed by atoms with Crippen LogP contribution in [0.25, 0.3) is 0 Å². The van der Waals surface area contributed by atoms with Crippen molar-refractivity contribution in [2.75, 3.05) is 32.9 Å². The summed E-state index contributed by atoms with van der Waals surface area (Å²) in [6.45, 7) is 3.81. The fourth-order valence-electron chi connectivity index (χ4n) is 2.86. The van der Waals surface area contributed by atoms with E-state index in [4.69, 9.17) is 9.47 Å². The molecule has 1 N–H and O–H groups in total. The van der Waals surface area contributed by atoms with Gasteiger partial charge in [0.05, 0.1) is 29.6 Å². The highest BCUT2D eigenvalue weighted by atomic mass is 32.2. The molecule has 1 fully saturated rings. The van der Waals surface area contributed by atoms with Gasteiger partial charge in [0.15, 0.2) is 0 Å². The number of ether oxygens (including phenoxy) is 2. The largest absolute Gasteiger partial charge is 0.494 e. The number of sulfonamides is 2. The summed E-state index contributed by atoms with van der Waals surface area (Å²) in [5.41, 5.74) is 0.653. The van der Waals surface area contributed by atoms with Crippen molar-refractivity contribution in [2.45, 2.75) is 23.3 Å². The highest BCUT2D eigenvalue weighted by molar-refractivity contribution is 7.89. The topological polar surface area (TPSA) is 102 Å². The van der Waals surface area contributed by atoms with Crippen molar-refractivity contribution < 1.29 is 26.3 Å². The first-order valence-electron chi connectivity index (χ1n) is 9.22. The molecule has 10 heteroatoms. The number of rotatable bonds is 8. The van der Waals surface area contributed by atoms with E-state index in [1.54, 1.807) is 24.3 Å². The summed E-state index contributed by atoms with van der Waals surface area (Å²) < 4.78 is 64.5. The van der Waals surface area contributed by atoms with Crippen molar-refractivity contribution in [2.24, 2.45) is 0 Å². The van der Waals surface area contributed by atoms with Gasteiger partial charge >= 0.3 is 0 Å². The van der Waals surface area contributed by atoms with E-state index in [0.29, 0.717) is 44.2 Å². The number of morpholine rings is 1. The van der Waals surface area contributed by atoms with Crippen LogP contribution in [0.15, 0.2) is 58.3 Å². The average Bonchev–Trinajstić information content (AvgIpc) is 2.74. The molecule has 1 heterocycles. The molecule has 2 aromatic rings. The van der Waals surface area contributed by atoms with Gasteiger partial charge in [-0.25, -0.2) is 21.6 Å². The molecule has 0 spiro atoms. The van der Waals surface area contributed by atoms with E-state index in [-0.39, 0.29) is 16.3 Å². The van der Waals surface area contributed by atoms with Gasteiger partial charge in [-0.2, -0.15) is 4.31 Å². The zero-order chi connectivity index (χ0) is 20.9. The molecule has 0 unspecified atom stereocenters. The molecule has 0 aromatic heterocycles. The second-order valence-electron chi connectivity index (χ2n) is 6.39. The second kappa shape index (κ2) is 9.23. The molecular weight excluding hydrogens is 416 g/mol. The van der Waals surface area contributed by atoms with Crippen molar-refractivity contribution in [3.63, 3.8) is 0 Å². The maximum Gasteiger partial charge on any atom is 0.243 e. The van der Waals surface area contributed by atoms with E-state index >= 15 is 0 Å². The Hall–Kier alpha value is -1.98. The normalized spacial score (nSPS) is 15.9. The lowest BCUT2D eigenvalue weighted by atomic mass is 10.2. The van der Waals surface area contributed by atoms with Crippen LogP contribution in [0.4, 0.5) is 0 Å². The van der Waals surface area contributed by atoms with Crippen LogP contribution in [0.3, 0.4) is 0 Å². The number of hydrogen-bond acceptors (Lipinski definition) is 6. The van der Waals surface area contributed by atoms with E-state index < -0.39 is 20.0 Å². The summed E-state index contributed by atoms with van der Waals surface area (Å²) in [6.07, 6.45) is 0. The van der Waals surface area contributed by atoms with Crippen LogP contribution in [-0.2, 0) is 31.3 Å². The Bertz CT molecular complexity index is 1010. The lowest BCUT2D eigenvalue weighted by Crippen LogP contribution is -2.40. The average molecular weight is 441 g/mol. The lowest BCUT2D eigenvalue weighted by molar-refractivity contribution is 0.0730. The highest BCUT2D eigenvalue weighted by Gasteiger charge is 2.26. The standard InChI is InChI=1S/C19H24N2O6S2/c1-2-27-17-5-9-18(10-6-17)28(22,23)20-15-16-3-7-19(8-4-16)29(24,25)21-11-13-26-14-12-21/h3-10,20H,2,11-15H2,1H3. The Morgan fingerprint density at radius 3 is 2.10 bits per heavy atom. The van der Waals surface area contributed by atoms with Gasteiger partial charge in [-0.1, -0.05) is 12.1 Å². The van der Waals surface area contributed by atoms with E-state index in [1.807, 2.05) is 6.92 Å². The smallest absolute Gasteiger partial charge is 0.243 e. The highest BCUT2D eigenvalue weighted by Crippen LogP contribution is 2.19. The van der Waals surface area contributed by atoms with E-state index in [0.717, 1.165) is 0 Å². The first kappa shape index (κ1) is 21.7. The van der Waals surface area contributed by atoms with Crippen LogP contribution < -0.4 is 9.46 Å². The molecule has 3 rings (SSSR count). The summed E-state index contributed by atoms with van der Waals surface area (Å²) in [6, 6.07) is 12.3. The number of hydrogen-bond donors (Lipinski definition) is 1. The second-order valence-corrected chi connectivity index (χ2v) is 10.1. The molecule has 0 amide bonds. The SMILES string of the molecule is CCOc1ccc(S(=O)(=O)NCc2ccc(S(=O)(=O)N3CCOCC3)cc2)cc1. The van der Waals surface area contributed by atoms with E-state index in [2.05, 4.69) is 4.72 Å². The fraction of sp³-hybridized carbons (Fsp3) is 0.368. The van der Waals surface area contributed by atoms with Crippen LogP contribution in [-0.4, -0.2) is 54.1 Å². The molecule has 2 aromatic carbocycles. The molecule has 1 aliphatic rings. The van der Waals surface area contributed by atoms with Gasteiger partial charge in [0.2, 0.25) is 20.0 Å². The molecular formula is C19H24N2O6S2. The molecule has 0 bridgehead atoms. The first-order chi connectivity index (χ1) is 13.8. The summed E-state index contributed by atoms with van der Waals surface area (Å²) in [4.78, 5) is 0.310. The van der Waals surface area contributed by atoms with Crippen molar-refractivity contribution in [3.05, 3.63) is 54.1 Å². The number of nitrogens with one attached hydrogen (secondary N) is 1. The Kier molecular flexibility index (Phi) is 6.91. The quantitative estimate of drug-likeness (QED) is 0.669. The van der Waals surface area contributed by atoms with Crippen LogP contribution in [0.2, 0.25) is 0 Å². The summed E-state index contributed by atoms with van der Waals surface area (Å²) in [5, 5.41) is 0. The van der Waals surface area contributed by atoms with Crippen LogP contribution in [0.5, 0.6) is 5.75 Å². The number of nitrogens with zero attached hydrogens (tertiary/aromatic N) is 1. The molecule has 1 aliphatic heterocycles. The third-order valence-electron chi connectivity index (χ3n) is 4.44. The Morgan fingerprint density at radius 2 is 1.52 bits per heavy atom. The molecule has 1 saturated heterocycles. The minimum Gasteiger partial charge on any atom is -0.494 e. The predicted octanol–water partition coefficient (Wildman–Crippen LogP) is 1.58. The monoisotopic (exact) mass is 440 g/mol. The number of benzene rings is 2. The van der Waals surface area contributed by atoms with Gasteiger partial charge in [0, 0.05) is 19.6 Å². The molecule has 8 nitrogen and oxygen atoms in total. The van der Waals surface area contributed by atoms with Gasteiger partial charge in [-0.3, -0.25) is 0 Å². The van der Waals surface area contributed by atoms with Gasteiger partial charge in [-0.05, 0) is 48.9 Å². The third-order valence-corrected chi connectivity index (χ3v) is 7.77. The van der Waals surface area contributed by atoms with E-state index in [1.165, 1.54) is 28.6 Å². The minimum atomic E-state index is -3.69. The molecule has 0 radical (unpaired) electrons. The van der Waals surface area contributed by atoms with Crippen LogP contribution >= 0.6 is 0 Å². The molecule has 0 saturated carbocycles. The first-order valence-corrected chi connectivity index (χ1v) is 12.1. The van der Waals surface area contributed by atoms with Gasteiger partial charge in [0.1, 0.15) is 5.75 Å². The van der Waals surface area contributed by atoms with Gasteiger partial charge < -0.3 is 9.47 Å². The van der Waals surface area contributed by atoms with Crippen LogP contribution in [0.1, 0.15) is 12.5 Å². The van der Waals surface area contributed by atoms with Crippen LogP contribution in [0, 0.1) is 0 Å². The zero-order valence-corrected chi connectivity index (χ0v) is 17.7. The Morgan fingerprint density at radius 1 is 0.931 bits per heavy atom. The van der Waals surface area contributed by atoms with E-state index in [9.17, 15) is 16.8 Å². The predicted molar refractivity (Wildman–Crippen MR) is 108 cm³/mol. The lowest BCUT2D eigenvalue weighted by Gasteiger charge is -2.26. The Labute approximate surface area is 171 Å². The minimum absolute atomic E-state index is 0.0490. The van der Waals surface area contributed by atoms with Gasteiger partial charge in [-0.15, -0.1) is 0 Å². The third kappa shape index (κ3) is 5.34. The maximum absolute atomic E-state index is 12.6. The van der Waals surface area contributed by atoms with Crippen molar-refractivity contribution >= 4 is 20.0 Å². The molecule has 158 valence electrons. The zero-order valence-electron chi connectivity index (χ0n) is 16.1. The molecule has 0 atom stereocenters. The van der Waals surface area contributed by atoms with Gasteiger partial charge in [0.25, 0.3) is 0 Å².